The van der Waals surface area contributed by atoms with E-state index in [-0.39, 0.29) is 11.7 Å². The molecule has 1 aromatic carbocycles. The lowest BCUT2D eigenvalue weighted by Crippen LogP contribution is -2.24. The summed E-state index contributed by atoms with van der Waals surface area (Å²) in [6.45, 7) is 0. The highest BCUT2D eigenvalue weighted by Gasteiger charge is 2.28. The topological polar surface area (TPSA) is 17.1 Å². The minimum atomic E-state index is -1.24. The predicted molar refractivity (Wildman–Crippen MR) is 52.9 cm³/mol. The summed E-state index contributed by atoms with van der Waals surface area (Å²) in [6, 6.07) is 9.88. The maximum Gasteiger partial charge on any atom is 0.166 e. The van der Waals surface area contributed by atoms with E-state index < -0.39 is 6.17 Å². The fourth-order valence-corrected chi connectivity index (χ4v) is 2.00. The third-order valence-corrected chi connectivity index (χ3v) is 2.85. The first-order valence-electron chi connectivity index (χ1n) is 4.99. The molecule has 1 fully saturated rings. The maximum atomic E-state index is 13.2. The molecule has 0 aromatic heterocycles. The highest BCUT2D eigenvalue weighted by atomic mass is 19.1. The van der Waals surface area contributed by atoms with Crippen molar-refractivity contribution in [2.24, 2.45) is 0 Å². The van der Waals surface area contributed by atoms with Crippen LogP contribution in [0, 0.1) is 0 Å². The molecule has 1 aliphatic carbocycles. The average Bonchev–Trinajstić information content (AvgIpc) is 2.23. The smallest absolute Gasteiger partial charge is 0.166 e. The quantitative estimate of drug-likeness (QED) is 0.668. The summed E-state index contributed by atoms with van der Waals surface area (Å²) >= 11 is 0. The summed E-state index contributed by atoms with van der Waals surface area (Å²) in [5, 5.41) is 0. The van der Waals surface area contributed by atoms with Crippen LogP contribution in [0.15, 0.2) is 30.3 Å². The number of rotatable bonds is 1. The lowest BCUT2D eigenvalue weighted by Gasteiger charge is -2.23. The molecule has 1 aromatic rings. The van der Waals surface area contributed by atoms with Crippen LogP contribution < -0.4 is 0 Å². The van der Waals surface area contributed by atoms with Crippen molar-refractivity contribution < 1.29 is 9.18 Å². The second-order valence-corrected chi connectivity index (χ2v) is 3.82. The summed E-state index contributed by atoms with van der Waals surface area (Å²) < 4.78 is 13.2. The van der Waals surface area contributed by atoms with Crippen LogP contribution in [0.1, 0.15) is 30.7 Å². The van der Waals surface area contributed by atoms with Crippen LogP contribution in [-0.2, 0) is 4.79 Å². The number of ketones is 1. The van der Waals surface area contributed by atoms with Crippen LogP contribution in [0.3, 0.4) is 0 Å². The average molecular weight is 192 g/mol. The van der Waals surface area contributed by atoms with Gasteiger partial charge in [0, 0.05) is 6.42 Å². The molecule has 0 N–H and O–H groups in total. The molecule has 0 saturated heterocycles. The summed E-state index contributed by atoms with van der Waals surface area (Å²) in [5.41, 5.74) is 1.16. The zero-order valence-electron chi connectivity index (χ0n) is 7.95. The SMILES string of the molecule is O=C1CCC(c2ccccc2)C[C@H]1F. The van der Waals surface area contributed by atoms with E-state index in [0.717, 1.165) is 12.0 Å². The first kappa shape index (κ1) is 9.38. The maximum absolute atomic E-state index is 13.2. The molecular weight excluding hydrogens is 179 g/mol. The van der Waals surface area contributed by atoms with Crippen molar-refractivity contribution >= 4 is 5.78 Å². The first-order chi connectivity index (χ1) is 6.77. The van der Waals surface area contributed by atoms with Gasteiger partial charge in [-0.2, -0.15) is 0 Å². The molecule has 0 amide bonds. The molecule has 0 aliphatic heterocycles. The van der Waals surface area contributed by atoms with Gasteiger partial charge in [-0.05, 0) is 24.3 Å². The Balaban J connectivity index is 2.11. The van der Waals surface area contributed by atoms with Gasteiger partial charge in [0.1, 0.15) is 0 Å². The highest BCUT2D eigenvalue weighted by molar-refractivity contribution is 5.83. The Morgan fingerprint density at radius 3 is 2.57 bits per heavy atom. The van der Waals surface area contributed by atoms with Gasteiger partial charge in [0.15, 0.2) is 12.0 Å². The van der Waals surface area contributed by atoms with Gasteiger partial charge in [0.25, 0.3) is 0 Å². The molecule has 74 valence electrons. The van der Waals surface area contributed by atoms with E-state index >= 15 is 0 Å². The molecule has 1 unspecified atom stereocenters. The molecular formula is C12H13FO. The van der Waals surface area contributed by atoms with Gasteiger partial charge in [-0.15, -0.1) is 0 Å². The molecule has 2 rings (SSSR count). The van der Waals surface area contributed by atoms with Crippen molar-refractivity contribution in [3.63, 3.8) is 0 Å². The molecule has 1 aliphatic rings. The number of Topliss-reactive ketones (excluding diaryl/α,β-unsaturated/α-hetero) is 1. The van der Waals surface area contributed by atoms with E-state index in [2.05, 4.69) is 0 Å². The zero-order chi connectivity index (χ0) is 9.97. The van der Waals surface area contributed by atoms with Crippen LogP contribution >= 0.6 is 0 Å². The van der Waals surface area contributed by atoms with Gasteiger partial charge < -0.3 is 0 Å². The van der Waals surface area contributed by atoms with E-state index in [1.54, 1.807) is 0 Å². The molecule has 0 bridgehead atoms. The van der Waals surface area contributed by atoms with Crippen molar-refractivity contribution in [3.8, 4) is 0 Å². The normalized spacial score (nSPS) is 27.6. The number of carbonyl (C=O) groups excluding carboxylic acids is 1. The molecule has 0 spiro atoms. The minimum Gasteiger partial charge on any atom is -0.296 e. The van der Waals surface area contributed by atoms with Crippen molar-refractivity contribution in [3.05, 3.63) is 35.9 Å². The summed E-state index contributed by atoms with van der Waals surface area (Å²) in [4.78, 5) is 11.0. The summed E-state index contributed by atoms with van der Waals surface area (Å²) in [7, 11) is 0. The van der Waals surface area contributed by atoms with Crippen LogP contribution in [0.4, 0.5) is 4.39 Å². The Morgan fingerprint density at radius 2 is 1.93 bits per heavy atom. The van der Waals surface area contributed by atoms with E-state index in [1.165, 1.54) is 0 Å². The monoisotopic (exact) mass is 192 g/mol. The van der Waals surface area contributed by atoms with Crippen LogP contribution in [0.5, 0.6) is 0 Å². The Kier molecular flexibility index (Phi) is 2.62. The number of hydrogen-bond acceptors (Lipinski definition) is 1. The number of alkyl halides is 1. The summed E-state index contributed by atoms with van der Waals surface area (Å²) in [5.74, 6) is 0.00100. The Bertz CT molecular complexity index is 320. The molecule has 0 heterocycles. The van der Waals surface area contributed by atoms with Gasteiger partial charge >= 0.3 is 0 Å². The number of halogens is 1. The zero-order valence-corrected chi connectivity index (χ0v) is 7.95. The van der Waals surface area contributed by atoms with E-state index in [4.69, 9.17) is 0 Å². The number of benzene rings is 1. The van der Waals surface area contributed by atoms with Gasteiger partial charge in [-0.25, -0.2) is 4.39 Å². The Labute approximate surface area is 82.9 Å². The molecule has 1 nitrogen and oxygen atoms in total. The minimum absolute atomic E-state index is 0.225. The highest BCUT2D eigenvalue weighted by Crippen LogP contribution is 2.32. The third-order valence-electron chi connectivity index (χ3n) is 2.85. The van der Waals surface area contributed by atoms with Gasteiger partial charge in [-0.1, -0.05) is 30.3 Å². The number of carbonyl (C=O) groups is 1. The Morgan fingerprint density at radius 1 is 1.21 bits per heavy atom. The second-order valence-electron chi connectivity index (χ2n) is 3.82. The predicted octanol–water partition coefficient (Wildman–Crippen LogP) is 2.86. The molecule has 2 heteroatoms. The lowest BCUT2D eigenvalue weighted by molar-refractivity contribution is -0.125. The van der Waals surface area contributed by atoms with Crippen molar-refractivity contribution in [1.29, 1.82) is 0 Å². The van der Waals surface area contributed by atoms with E-state index in [1.807, 2.05) is 30.3 Å². The van der Waals surface area contributed by atoms with Crippen molar-refractivity contribution in [1.82, 2.24) is 0 Å². The largest absolute Gasteiger partial charge is 0.296 e. The third kappa shape index (κ3) is 1.84. The number of hydrogen-bond donors (Lipinski definition) is 0. The Hall–Kier alpha value is -1.18. The van der Waals surface area contributed by atoms with Crippen LogP contribution in [0.2, 0.25) is 0 Å². The fraction of sp³-hybridized carbons (Fsp3) is 0.417. The van der Waals surface area contributed by atoms with E-state index in [9.17, 15) is 9.18 Å². The molecule has 0 radical (unpaired) electrons. The van der Waals surface area contributed by atoms with Crippen LogP contribution in [0.25, 0.3) is 0 Å². The first-order valence-corrected chi connectivity index (χ1v) is 4.99. The lowest BCUT2D eigenvalue weighted by atomic mass is 9.82. The molecule has 2 atom stereocenters. The van der Waals surface area contributed by atoms with E-state index in [0.29, 0.717) is 12.8 Å². The summed E-state index contributed by atoms with van der Waals surface area (Å²) in [6.07, 6.45) is 0.307. The van der Waals surface area contributed by atoms with Gasteiger partial charge in [0.05, 0.1) is 0 Å². The fourth-order valence-electron chi connectivity index (χ4n) is 2.00. The van der Waals surface area contributed by atoms with Crippen LogP contribution in [-0.4, -0.2) is 12.0 Å². The van der Waals surface area contributed by atoms with Crippen molar-refractivity contribution in [2.75, 3.05) is 0 Å². The molecule has 1 saturated carbocycles. The van der Waals surface area contributed by atoms with Crippen molar-refractivity contribution in [2.45, 2.75) is 31.4 Å². The molecule has 14 heavy (non-hydrogen) atoms. The standard InChI is InChI=1S/C12H13FO/c13-11-8-10(6-7-12(11)14)9-4-2-1-3-5-9/h1-5,10-11H,6-8H2/t10?,11-/m1/s1. The van der Waals surface area contributed by atoms with Gasteiger partial charge in [0.2, 0.25) is 0 Å². The van der Waals surface area contributed by atoms with Gasteiger partial charge in [-0.3, -0.25) is 4.79 Å². The second kappa shape index (κ2) is 3.91.